The molecule has 3 nitrogen and oxygen atoms in total. The molecule has 0 radical (unpaired) electrons. The average Bonchev–Trinajstić information content (AvgIpc) is 2.30. The van der Waals surface area contributed by atoms with Crippen LogP contribution in [-0.4, -0.2) is 9.97 Å². The van der Waals surface area contributed by atoms with Crippen molar-refractivity contribution in [1.29, 1.82) is 0 Å². The highest BCUT2D eigenvalue weighted by Gasteiger charge is 2.03. The summed E-state index contributed by atoms with van der Waals surface area (Å²) >= 11 is 12.4. The normalized spacial score (nSPS) is 10.3. The molecule has 0 fully saturated rings. The number of hydrogen-bond acceptors (Lipinski definition) is 3. The van der Waals surface area contributed by atoms with Gasteiger partial charge in [0.15, 0.2) is 0 Å². The van der Waals surface area contributed by atoms with E-state index in [1.807, 2.05) is 18.2 Å². The molecule has 0 spiro atoms. The summed E-state index contributed by atoms with van der Waals surface area (Å²) in [6.07, 6.45) is 3.09. The molecule has 2 aromatic rings. The highest BCUT2D eigenvalue weighted by Crippen LogP contribution is 2.28. The fourth-order valence-corrected chi connectivity index (χ4v) is 2.42. The van der Waals surface area contributed by atoms with Crippen LogP contribution in [-0.2, 0) is 6.61 Å². The molecule has 1 heterocycles. The molecule has 0 unspecified atom stereocenters. The van der Waals surface area contributed by atoms with Crippen molar-refractivity contribution in [3.8, 4) is 5.75 Å². The van der Waals surface area contributed by atoms with E-state index in [9.17, 15) is 0 Å². The van der Waals surface area contributed by atoms with Gasteiger partial charge in [-0.05, 0) is 34.1 Å². The van der Waals surface area contributed by atoms with E-state index in [1.165, 1.54) is 6.20 Å². The van der Waals surface area contributed by atoms with E-state index in [-0.39, 0.29) is 0 Å². The van der Waals surface area contributed by atoms with Gasteiger partial charge in [0.2, 0.25) is 0 Å². The molecule has 0 amide bonds. The van der Waals surface area contributed by atoms with Crippen LogP contribution in [0, 0.1) is 0 Å². The van der Waals surface area contributed by atoms with Crippen LogP contribution >= 0.6 is 43.5 Å². The molecule has 0 atom stereocenters. The summed E-state index contributed by atoms with van der Waals surface area (Å²) in [6, 6.07) is 5.70. The van der Waals surface area contributed by atoms with Gasteiger partial charge in [-0.25, -0.2) is 4.98 Å². The van der Waals surface area contributed by atoms with Crippen molar-refractivity contribution in [1.82, 2.24) is 9.97 Å². The standard InChI is InChI=1S/C11H7Br2ClN2O/c12-7-1-2-10(9(13)3-7)17-6-8-4-16-11(14)5-15-8/h1-5H,6H2. The lowest BCUT2D eigenvalue weighted by atomic mass is 10.3. The van der Waals surface area contributed by atoms with Crippen molar-refractivity contribution in [2.75, 3.05) is 0 Å². The third kappa shape index (κ3) is 3.66. The first kappa shape index (κ1) is 12.8. The zero-order chi connectivity index (χ0) is 12.3. The maximum absolute atomic E-state index is 5.64. The van der Waals surface area contributed by atoms with E-state index in [4.69, 9.17) is 16.3 Å². The Hall–Kier alpha value is -0.650. The van der Waals surface area contributed by atoms with Crippen molar-refractivity contribution >= 4 is 43.5 Å². The van der Waals surface area contributed by atoms with E-state index >= 15 is 0 Å². The van der Waals surface area contributed by atoms with Gasteiger partial charge < -0.3 is 4.74 Å². The second kappa shape index (κ2) is 5.80. The van der Waals surface area contributed by atoms with Gasteiger partial charge in [0.1, 0.15) is 17.5 Å². The molecule has 1 aromatic carbocycles. The van der Waals surface area contributed by atoms with Gasteiger partial charge in [-0.15, -0.1) is 0 Å². The minimum atomic E-state index is 0.352. The molecule has 0 N–H and O–H groups in total. The molecular formula is C11H7Br2ClN2O. The summed E-state index contributed by atoms with van der Waals surface area (Å²) in [7, 11) is 0. The Morgan fingerprint density at radius 2 is 2.00 bits per heavy atom. The summed E-state index contributed by atoms with van der Waals surface area (Å²) in [4.78, 5) is 8.03. The van der Waals surface area contributed by atoms with Crippen molar-refractivity contribution in [2.24, 2.45) is 0 Å². The summed E-state index contributed by atoms with van der Waals surface area (Å²) < 4.78 is 7.48. The van der Waals surface area contributed by atoms with Gasteiger partial charge in [-0.1, -0.05) is 27.5 Å². The molecule has 0 saturated carbocycles. The number of halogens is 3. The second-order valence-electron chi connectivity index (χ2n) is 3.19. The Morgan fingerprint density at radius 3 is 2.65 bits per heavy atom. The largest absolute Gasteiger partial charge is 0.486 e. The predicted molar refractivity (Wildman–Crippen MR) is 73.2 cm³/mol. The van der Waals surface area contributed by atoms with Crippen LogP contribution in [0.4, 0.5) is 0 Å². The lowest BCUT2D eigenvalue weighted by Gasteiger charge is -2.07. The Balaban J connectivity index is 2.04. The highest BCUT2D eigenvalue weighted by molar-refractivity contribution is 9.11. The first-order chi connectivity index (χ1) is 8.15. The van der Waals surface area contributed by atoms with E-state index in [2.05, 4.69) is 41.8 Å². The number of ether oxygens (including phenoxy) is 1. The fourth-order valence-electron chi connectivity index (χ4n) is 1.16. The van der Waals surface area contributed by atoms with Gasteiger partial charge in [0.05, 0.1) is 22.6 Å². The minimum Gasteiger partial charge on any atom is -0.486 e. The summed E-state index contributed by atoms with van der Waals surface area (Å²) in [5.41, 5.74) is 0.726. The van der Waals surface area contributed by atoms with Crippen LogP contribution in [0.25, 0.3) is 0 Å². The van der Waals surface area contributed by atoms with Gasteiger partial charge in [-0.2, -0.15) is 0 Å². The van der Waals surface area contributed by atoms with E-state index in [0.717, 1.165) is 20.4 Å². The SMILES string of the molecule is Clc1cnc(COc2ccc(Br)cc2Br)cn1. The smallest absolute Gasteiger partial charge is 0.147 e. The molecule has 0 aliphatic carbocycles. The van der Waals surface area contributed by atoms with Crippen LogP contribution in [0.15, 0.2) is 39.5 Å². The first-order valence-electron chi connectivity index (χ1n) is 4.69. The third-order valence-corrected chi connectivity index (χ3v) is 3.25. The average molecular weight is 378 g/mol. The zero-order valence-corrected chi connectivity index (χ0v) is 12.5. The van der Waals surface area contributed by atoms with Gasteiger partial charge in [0, 0.05) is 4.47 Å². The Kier molecular flexibility index (Phi) is 4.36. The van der Waals surface area contributed by atoms with Gasteiger partial charge in [0.25, 0.3) is 0 Å². The highest BCUT2D eigenvalue weighted by atomic mass is 79.9. The van der Waals surface area contributed by atoms with E-state index < -0.39 is 0 Å². The molecule has 0 saturated heterocycles. The van der Waals surface area contributed by atoms with Crippen molar-refractivity contribution in [3.05, 3.63) is 50.4 Å². The number of nitrogens with zero attached hydrogens (tertiary/aromatic N) is 2. The lowest BCUT2D eigenvalue weighted by molar-refractivity contribution is 0.299. The lowest BCUT2D eigenvalue weighted by Crippen LogP contribution is -1.99. The maximum Gasteiger partial charge on any atom is 0.147 e. The fraction of sp³-hybridized carbons (Fsp3) is 0.0909. The molecular weight excluding hydrogens is 371 g/mol. The topological polar surface area (TPSA) is 35.0 Å². The Morgan fingerprint density at radius 1 is 1.18 bits per heavy atom. The van der Waals surface area contributed by atoms with Crippen molar-refractivity contribution in [2.45, 2.75) is 6.61 Å². The van der Waals surface area contributed by atoms with Crippen molar-refractivity contribution in [3.63, 3.8) is 0 Å². The predicted octanol–water partition coefficient (Wildman–Crippen LogP) is 4.23. The third-order valence-electron chi connectivity index (χ3n) is 1.94. The summed E-state index contributed by atoms with van der Waals surface area (Å²) in [6.45, 7) is 0.352. The molecule has 2 rings (SSSR count). The van der Waals surface area contributed by atoms with E-state index in [0.29, 0.717) is 11.8 Å². The second-order valence-corrected chi connectivity index (χ2v) is 5.35. The Bertz CT molecular complexity index is 519. The van der Waals surface area contributed by atoms with Crippen LogP contribution in [0.3, 0.4) is 0 Å². The minimum absolute atomic E-state index is 0.352. The van der Waals surface area contributed by atoms with Crippen molar-refractivity contribution < 1.29 is 4.74 Å². The summed E-state index contributed by atoms with van der Waals surface area (Å²) in [5.74, 6) is 0.755. The molecule has 0 bridgehead atoms. The van der Waals surface area contributed by atoms with Crippen LogP contribution < -0.4 is 4.74 Å². The molecule has 0 aliphatic rings. The molecule has 1 aromatic heterocycles. The van der Waals surface area contributed by atoms with E-state index in [1.54, 1.807) is 6.20 Å². The molecule has 17 heavy (non-hydrogen) atoms. The van der Waals surface area contributed by atoms with Gasteiger partial charge >= 0.3 is 0 Å². The van der Waals surface area contributed by atoms with Crippen LogP contribution in [0.2, 0.25) is 5.15 Å². The summed E-state index contributed by atoms with van der Waals surface area (Å²) in [5, 5.41) is 0.374. The quantitative estimate of drug-likeness (QED) is 0.802. The number of aromatic nitrogens is 2. The first-order valence-corrected chi connectivity index (χ1v) is 6.66. The molecule has 6 heteroatoms. The van der Waals surface area contributed by atoms with Gasteiger partial charge in [-0.3, -0.25) is 4.98 Å². The number of benzene rings is 1. The molecule has 0 aliphatic heterocycles. The maximum atomic E-state index is 5.64. The number of hydrogen-bond donors (Lipinski definition) is 0. The number of rotatable bonds is 3. The van der Waals surface area contributed by atoms with Crippen LogP contribution in [0.1, 0.15) is 5.69 Å². The molecule has 88 valence electrons. The van der Waals surface area contributed by atoms with Crippen LogP contribution in [0.5, 0.6) is 5.75 Å². The monoisotopic (exact) mass is 376 g/mol. The Labute approximate surface area is 120 Å². The zero-order valence-electron chi connectivity index (χ0n) is 8.53.